The van der Waals surface area contributed by atoms with Gasteiger partial charge in [0.1, 0.15) is 0 Å². The molecule has 37 heavy (non-hydrogen) atoms. The van der Waals surface area contributed by atoms with E-state index in [1.165, 1.54) is 0 Å². The number of hydrogen-bond acceptors (Lipinski definition) is 5. The lowest BCUT2D eigenvalue weighted by molar-refractivity contribution is -0.278. The molecule has 0 saturated carbocycles. The first-order valence-electron chi connectivity index (χ1n) is 9.73. The van der Waals surface area contributed by atoms with Crippen LogP contribution in [0.4, 0.5) is 39.5 Å². The molecule has 1 aliphatic heterocycles. The summed E-state index contributed by atoms with van der Waals surface area (Å²) in [5.74, 6) is -2.75. The molecule has 202 valence electrons. The summed E-state index contributed by atoms with van der Waals surface area (Å²) >= 11 is 5.90. The van der Waals surface area contributed by atoms with Gasteiger partial charge in [-0.3, -0.25) is 19.6 Å². The van der Waals surface area contributed by atoms with E-state index in [1.54, 1.807) is 0 Å². The summed E-state index contributed by atoms with van der Waals surface area (Å²) in [6.07, 6.45) is -16.5. The number of amides is 2. The first-order chi connectivity index (χ1) is 16.8. The van der Waals surface area contributed by atoms with Gasteiger partial charge in [0, 0.05) is 12.6 Å². The normalized spacial score (nSPS) is 18.3. The van der Waals surface area contributed by atoms with Crippen LogP contribution in [-0.4, -0.2) is 46.3 Å². The predicted molar refractivity (Wildman–Crippen MR) is 106 cm³/mol. The summed E-state index contributed by atoms with van der Waals surface area (Å²) in [7, 11) is 0.860. The van der Waals surface area contributed by atoms with Crippen LogP contribution in [0.2, 0.25) is 5.02 Å². The minimum Gasteiger partial charge on any atom is -0.372 e. The highest BCUT2D eigenvalue weighted by Gasteiger charge is 2.64. The molecule has 1 aromatic heterocycles. The standard InChI is InChI=1S/C19H13ClF9N5O3/c1-34-13(5-12(32-34)17(21,22)23)16(18(24,25)26)6-11(33-37-16)8-2-3-10(20)9(4-8)15(36)30-7-14(35)31-19(27,28)29/h2-5H,6-7H2,1H3,(H,30,36)(H,31,35). The van der Waals surface area contributed by atoms with Crippen LogP contribution in [0.3, 0.4) is 0 Å². The smallest absolute Gasteiger partial charge is 0.372 e. The average molecular weight is 566 g/mol. The third-order valence-electron chi connectivity index (χ3n) is 5.00. The first-order valence-corrected chi connectivity index (χ1v) is 10.1. The highest BCUT2D eigenvalue weighted by atomic mass is 35.5. The Bertz CT molecular complexity index is 1250. The number of nitrogens with one attached hydrogen (secondary N) is 2. The molecule has 8 nitrogen and oxygen atoms in total. The van der Waals surface area contributed by atoms with Crippen LogP contribution >= 0.6 is 11.6 Å². The summed E-state index contributed by atoms with van der Waals surface area (Å²) in [5, 5.41) is 8.68. The molecule has 2 aromatic rings. The Labute approximate surface area is 205 Å². The van der Waals surface area contributed by atoms with Crippen LogP contribution in [0.5, 0.6) is 0 Å². The summed E-state index contributed by atoms with van der Waals surface area (Å²) in [6, 6.07) is 3.30. The number of nitrogens with zero attached hydrogens (tertiary/aromatic N) is 3. The van der Waals surface area contributed by atoms with Gasteiger partial charge >= 0.3 is 18.7 Å². The van der Waals surface area contributed by atoms with Gasteiger partial charge in [-0.05, 0) is 18.2 Å². The molecule has 0 saturated heterocycles. The Morgan fingerprint density at radius 1 is 1.11 bits per heavy atom. The molecule has 1 aliphatic rings. The van der Waals surface area contributed by atoms with Crippen LogP contribution in [0.1, 0.15) is 33.7 Å². The van der Waals surface area contributed by atoms with Crippen molar-refractivity contribution in [3.05, 3.63) is 51.8 Å². The Morgan fingerprint density at radius 3 is 2.30 bits per heavy atom. The van der Waals surface area contributed by atoms with E-state index in [4.69, 9.17) is 11.6 Å². The molecule has 1 aromatic carbocycles. The van der Waals surface area contributed by atoms with Gasteiger partial charge in [-0.25, -0.2) is 0 Å². The average Bonchev–Trinajstić information content (AvgIpc) is 3.35. The molecule has 0 bridgehead atoms. The van der Waals surface area contributed by atoms with E-state index < -0.39 is 71.7 Å². The zero-order chi connectivity index (χ0) is 28.0. The second kappa shape index (κ2) is 9.42. The number of carbonyl (C=O) groups is 2. The fourth-order valence-electron chi connectivity index (χ4n) is 3.34. The van der Waals surface area contributed by atoms with Crippen LogP contribution in [0.15, 0.2) is 29.4 Å². The Morgan fingerprint density at radius 2 is 1.76 bits per heavy atom. The zero-order valence-corrected chi connectivity index (χ0v) is 18.8. The van der Waals surface area contributed by atoms with Crippen LogP contribution in [0, 0.1) is 0 Å². The molecule has 0 fully saturated rings. The van der Waals surface area contributed by atoms with Gasteiger partial charge in [-0.1, -0.05) is 22.8 Å². The SMILES string of the molecule is Cn1nc(C(F)(F)F)cc1C1(C(F)(F)F)CC(c2ccc(Cl)c(C(=O)NCC(=O)NC(F)(F)F)c2)=NO1. The van der Waals surface area contributed by atoms with Crippen molar-refractivity contribution in [2.45, 2.75) is 30.7 Å². The van der Waals surface area contributed by atoms with E-state index in [0.29, 0.717) is 10.00 Å². The Balaban J connectivity index is 1.88. The highest BCUT2D eigenvalue weighted by Crippen LogP contribution is 2.49. The molecule has 2 heterocycles. The molecule has 0 radical (unpaired) electrons. The van der Waals surface area contributed by atoms with Gasteiger partial charge in [-0.2, -0.15) is 44.6 Å². The van der Waals surface area contributed by atoms with Crippen LogP contribution in [0.25, 0.3) is 0 Å². The van der Waals surface area contributed by atoms with Crippen molar-refractivity contribution < 1.29 is 53.9 Å². The molecule has 0 spiro atoms. The number of aromatic nitrogens is 2. The minimum absolute atomic E-state index is 0.168. The minimum atomic E-state index is -5.27. The van der Waals surface area contributed by atoms with Crippen molar-refractivity contribution >= 4 is 29.1 Å². The van der Waals surface area contributed by atoms with E-state index in [-0.39, 0.29) is 16.7 Å². The Kier molecular flexibility index (Phi) is 7.15. The fourth-order valence-corrected chi connectivity index (χ4v) is 3.55. The molecular formula is C19H13ClF9N5O3. The topological polar surface area (TPSA) is 97.6 Å². The van der Waals surface area contributed by atoms with Crippen molar-refractivity contribution in [2.75, 3.05) is 6.54 Å². The lowest BCUT2D eigenvalue weighted by Gasteiger charge is -2.28. The molecule has 18 heteroatoms. The maximum atomic E-state index is 14.1. The van der Waals surface area contributed by atoms with Gasteiger partial charge in [0.25, 0.3) is 11.5 Å². The maximum Gasteiger partial charge on any atom is 0.484 e. The number of rotatable bonds is 5. The van der Waals surface area contributed by atoms with Crippen molar-refractivity contribution in [2.24, 2.45) is 12.2 Å². The third kappa shape index (κ3) is 5.91. The molecule has 1 atom stereocenters. The predicted octanol–water partition coefficient (Wildman–Crippen LogP) is 4.04. The highest BCUT2D eigenvalue weighted by molar-refractivity contribution is 6.34. The molecule has 0 aliphatic carbocycles. The summed E-state index contributed by atoms with van der Waals surface area (Å²) in [6.45, 7) is -1.11. The second-order valence-corrected chi connectivity index (χ2v) is 8.00. The summed E-state index contributed by atoms with van der Waals surface area (Å²) < 4.78 is 118. The molecule has 2 amide bonds. The maximum absolute atomic E-state index is 14.1. The van der Waals surface area contributed by atoms with E-state index in [2.05, 4.69) is 15.1 Å². The number of halogens is 10. The fraction of sp³-hybridized carbons (Fsp3) is 0.368. The largest absolute Gasteiger partial charge is 0.484 e. The number of benzene rings is 1. The van der Waals surface area contributed by atoms with Gasteiger partial charge in [0.2, 0.25) is 5.91 Å². The van der Waals surface area contributed by atoms with E-state index in [9.17, 15) is 49.1 Å². The van der Waals surface area contributed by atoms with Crippen molar-refractivity contribution in [3.63, 3.8) is 0 Å². The quantitative estimate of drug-likeness (QED) is 0.422. The second-order valence-electron chi connectivity index (χ2n) is 7.59. The summed E-state index contributed by atoms with van der Waals surface area (Å²) in [4.78, 5) is 28.2. The lowest BCUT2D eigenvalue weighted by Crippen LogP contribution is -2.44. The van der Waals surface area contributed by atoms with Crippen molar-refractivity contribution in [1.29, 1.82) is 0 Å². The Hall–Kier alpha value is -3.50. The molecule has 3 rings (SSSR count). The number of oxime groups is 1. The van der Waals surface area contributed by atoms with Crippen molar-refractivity contribution in [3.8, 4) is 0 Å². The zero-order valence-electron chi connectivity index (χ0n) is 18.1. The van der Waals surface area contributed by atoms with E-state index >= 15 is 0 Å². The number of hydrogen-bond donors (Lipinski definition) is 2. The number of aryl methyl sites for hydroxylation is 1. The van der Waals surface area contributed by atoms with Crippen LogP contribution in [-0.2, 0) is 28.5 Å². The summed E-state index contributed by atoms with van der Waals surface area (Å²) in [5.41, 5.74) is -6.98. The number of carbonyl (C=O) groups excluding carboxylic acids is 2. The molecule has 1 unspecified atom stereocenters. The van der Waals surface area contributed by atoms with E-state index in [0.717, 1.165) is 25.2 Å². The molecular weight excluding hydrogens is 553 g/mol. The number of alkyl halides is 9. The van der Waals surface area contributed by atoms with Gasteiger partial charge in [-0.15, -0.1) is 0 Å². The van der Waals surface area contributed by atoms with Gasteiger partial charge in [0.05, 0.1) is 35.0 Å². The van der Waals surface area contributed by atoms with Gasteiger partial charge in [0.15, 0.2) is 5.69 Å². The van der Waals surface area contributed by atoms with E-state index in [1.807, 2.05) is 5.32 Å². The monoisotopic (exact) mass is 565 g/mol. The lowest BCUT2D eigenvalue weighted by atomic mass is 9.89. The third-order valence-corrected chi connectivity index (χ3v) is 5.33. The van der Waals surface area contributed by atoms with Crippen molar-refractivity contribution in [1.82, 2.24) is 20.4 Å². The van der Waals surface area contributed by atoms with Crippen LogP contribution < -0.4 is 10.6 Å². The van der Waals surface area contributed by atoms with Gasteiger partial charge < -0.3 is 10.2 Å². The first kappa shape index (κ1) is 28.1. The molecule has 2 N–H and O–H groups in total.